The largest absolute Gasteiger partial charge is 0.493 e. The lowest BCUT2D eigenvalue weighted by molar-refractivity contribution is -0.394. The lowest BCUT2D eigenvalue weighted by Gasteiger charge is -2.10. The number of nitro groups is 2. The Bertz CT molecular complexity index is 807. The number of benzene rings is 2. The smallest absolute Gasteiger partial charge is 0.277 e. The van der Waals surface area contributed by atoms with Crippen molar-refractivity contribution in [2.24, 2.45) is 0 Å². The number of hydrogen-bond acceptors (Lipinski definition) is 7. The predicted molar refractivity (Wildman–Crippen MR) is 97.3 cm³/mol. The Morgan fingerprint density at radius 2 is 1.59 bits per heavy atom. The molecule has 27 heavy (non-hydrogen) atoms. The third-order valence-electron chi connectivity index (χ3n) is 3.30. The maximum atomic E-state index is 12.1. The fraction of sp³-hybridized carbons (Fsp3) is 0.235. The Hall–Kier alpha value is -3.69. The zero-order valence-electron chi connectivity index (χ0n) is 13.7. The summed E-state index contributed by atoms with van der Waals surface area (Å²) in [5.41, 5.74) is -1.24. The average molecular weight is 377 g/mol. The summed E-state index contributed by atoms with van der Waals surface area (Å²) >= 11 is 0. The third-order valence-corrected chi connectivity index (χ3v) is 3.30. The molecule has 0 spiro atoms. The van der Waals surface area contributed by atoms with Crippen LogP contribution in [0.25, 0.3) is 0 Å². The molecule has 1 N–H and O–H groups in total. The van der Waals surface area contributed by atoms with Crippen LogP contribution in [0, 0.1) is 20.2 Å². The molecule has 0 aliphatic rings. The summed E-state index contributed by atoms with van der Waals surface area (Å²) in [4.78, 5) is 32.2. The van der Waals surface area contributed by atoms with E-state index in [2.05, 4.69) is 5.32 Å². The summed E-state index contributed by atoms with van der Waals surface area (Å²) in [5.74, 6) is 0.351. The number of methoxy groups -OCH3 is 1. The van der Waals surface area contributed by atoms with E-state index in [1.54, 1.807) is 24.3 Å². The molecule has 1 amide bonds. The van der Waals surface area contributed by atoms with Crippen LogP contribution in [0.4, 0.5) is 11.4 Å². The van der Waals surface area contributed by atoms with E-state index in [-0.39, 0.29) is 26.1 Å². The maximum Gasteiger partial charge on any atom is 0.277 e. The summed E-state index contributed by atoms with van der Waals surface area (Å²) in [6, 6.07) is 9.70. The Labute approximate surface area is 155 Å². The minimum atomic E-state index is -0.797. The van der Waals surface area contributed by atoms with Crippen LogP contribution in [-0.2, 0) is 0 Å². The van der Waals surface area contributed by atoms with Crippen LogP contribution in [0.2, 0.25) is 0 Å². The number of ether oxygens (including phenoxy) is 2. The van der Waals surface area contributed by atoms with Crippen LogP contribution in [0.3, 0.4) is 0 Å². The van der Waals surface area contributed by atoms with Crippen molar-refractivity contribution in [3.05, 3.63) is 68.3 Å². The minimum absolute atomic E-state index is 0. The van der Waals surface area contributed by atoms with E-state index in [0.29, 0.717) is 11.5 Å². The van der Waals surface area contributed by atoms with Gasteiger partial charge in [-0.15, -0.1) is 0 Å². The van der Waals surface area contributed by atoms with Crippen molar-refractivity contribution in [1.29, 1.82) is 0 Å². The van der Waals surface area contributed by atoms with Gasteiger partial charge in [-0.3, -0.25) is 25.0 Å². The zero-order chi connectivity index (χ0) is 19.1. The van der Waals surface area contributed by atoms with Gasteiger partial charge in [0.15, 0.2) is 11.5 Å². The Balaban J connectivity index is 0.00000364. The van der Waals surface area contributed by atoms with Crippen molar-refractivity contribution < 1.29 is 24.1 Å². The molecular formula is C17H19N3O7. The number of hydrogen-bond donors (Lipinski definition) is 1. The van der Waals surface area contributed by atoms with Gasteiger partial charge in [-0.2, -0.15) is 0 Å². The summed E-state index contributed by atoms with van der Waals surface area (Å²) in [6.07, 6.45) is 0. The molecule has 0 unspecified atom stereocenters. The lowest BCUT2D eigenvalue weighted by atomic mass is 10.1. The molecule has 0 radical (unpaired) electrons. The summed E-state index contributed by atoms with van der Waals surface area (Å²) in [6.45, 7) is 0.205. The molecule has 0 aromatic heterocycles. The first kappa shape index (κ1) is 21.4. The average Bonchev–Trinajstić information content (AvgIpc) is 2.64. The summed E-state index contributed by atoms with van der Waals surface area (Å²) in [5, 5.41) is 24.2. The van der Waals surface area contributed by atoms with Crippen LogP contribution < -0.4 is 14.8 Å². The monoisotopic (exact) mass is 377 g/mol. The lowest BCUT2D eigenvalue weighted by Crippen LogP contribution is -2.28. The molecule has 10 heteroatoms. The summed E-state index contributed by atoms with van der Waals surface area (Å²) < 4.78 is 10.6. The molecule has 0 bridgehead atoms. The highest BCUT2D eigenvalue weighted by atomic mass is 16.6. The molecule has 2 aromatic carbocycles. The first-order valence-electron chi connectivity index (χ1n) is 7.40. The van der Waals surface area contributed by atoms with Crippen molar-refractivity contribution in [2.75, 3.05) is 20.3 Å². The van der Waals surface area contributed by atoms with Crippen LogP contribution in [0.5, 0.6) is 11.5 Å². The number of amides is 1. The molecule has 0 saturated carbocycles. The van der Waals surface area contributed by atoms with Crippen LogP contribution in [-0.4, -0.2) is 36.0 Å². The van der Waals surface area contributed by atoms with Gasteiger partial charge in [-0.25, -0.2) is 0 Å². The number of non-ortho nitro benzene ring substituents is 2. The number of nitrogens with zero attached hydrogens (tertiary/aromatic N) is 2. The third kappa shape index (κ3) is 5.66. The number of carbonyl (C=O) groups is 1. The number of carbonyl (C=O) groups excluding carboxylic acids is 1. The SMILES string of the molecule is C.COc1ccccc1OCCNC(=O)c1cc([N+](=O)[O-])cc([N+](=O)[O-])c1. The van der Waals surface area contributed by atoms with Crippen molar-refractivity contribution in [2.45, 2.75) is 7.43 Å². The predicted octanol–water partition coefficient (Wildman–Crippen LogP) is 2.96. The van der Waals surface area contributed by atoms with Crippen molar-refractivity contribution in [1.82, 2.24) is 5.32 Å². The quantitative estimate of drug-likeness (QED) is 0.424. The number of nitrogens with one attached hydrogen (secondary N) is 1. The molecule has 10 nitrogen and oxygen atoms in total. The molecule has 2 aromatic rings. The fourth-order valence-corrected chi connectivity index (χ4v) is 2.10. The van der Waals surface area contributed by atoms with Gasteiger partial charge in [0.05, 0.1) is 35.1 Å². The van der Waals surface area contributed by atoms with E-state index in [4.69, 9.17) is 9.47 Å². The maximum absolute atomic E-state index is 12.1. The Morgan fingerprint density at radius 1 is 1.04 bits per heavy atom. The highest BCUT2D eigenvalue weighted by molar-refractivity contribution is 5.95. The Kier molecular flexibility index (Phi) is 7.68. The first-order chi connectivity index (χ1) is 12.4. The zero-order valence-corrected chi connectivity index (χ0v) is 13.7. The second kappa shape index (κ2) is 9.70. The van der Waals surface area contributed by atoms with Gasteiger partial charge in [0.25, 0.3) is 17.3 Å². The van der Waals surface area contributed by atoms with E-state index in [0.717, 1.165) is 18.2 Å². The minimum Gasteiger partial charge on any atom is -0.493 e. The van der Waals surface area contributed by atoms with Crippen molar-refractivity contribution in [3.63, 3.8) is 0 Å². The Morgan fingerprint density at radius 3 is 2.11 bits per heavy atom. The highest BCUT2D eigenvalue weighted by Crippen LogP contribution is 2.25. The standard InChI is InChI=1S/C16H15N3O7.CH4/c1-25-14-4-2-3-5-15(14)26-7-6-17-16(20)11-8-12(18(21)22)10-13(9-11)19(23)24;/h2-5,8-10H,6-7H2,1H3,(H,17,20);1H4. The van der Waals surface area contributed by atoms with Gasteiger partial charge in [-0.05, 0) is 12.1 Å². The van der Waals surface area contributed by atoms with Gasteiger partial charge in [0.1, 0.15) is 6.61 Å². The van der Waals surface area contributed by atoms with E-state index >= 15 is 0 Å². The fourth-order valence-electron chi connectivity index (χ4n) is 2.10. The van der Waals surface area contributed by atoms with Gasteiger partial charge < -0.3 is 14.8 Å². The molecule has 0 heterocycles. The van der Waals surface area contributed by atoms with Gasteiger partial charge in [0, 0.05) is 12.1 Å². The number of rotatable bonds is 8. The highest BCUT2D eigenvalue weighted by Gasteiger charge is 2.19. The second-order valence-corrected chi connectivity index (χ2v) is 5.01. The normalized spacial score (nSPS) is 9.67. The topological polar surface area (TPSA) is 134 Å². The van der Waals surface area contributed by atoms with Crippen molar-refractivity contribution >= 4 is 17.3 Å². The molecule has 0 fully saturated rings. The molecule has 0 atom stereocenters. The number of para-hydroxylation sites is 2. The van der Waals surface area contributed by atoms with Crippen LogP contribution in [0.15, 0.2) is 42.5 Å². The van der Waals surface area contributed by atoms with Gasteiger partial charge in [-0.1, -0.05) is 19.6 Å². The molecule has 144 valence electrons. The number of nitro benzene ring substituents is 2. The molecule has 0 saturated heterocycles. The van der Waals surface area contributed by atoms with Crippen LogP contribution >= 0.6 is 0 Å². The van der Waals surface area contributed by atoms with Gasteiger partial charge in [0.2, 0.25) is 0 Å². The summed E-state index contributed by atoms with van der Waals surface area (Å²) in [7, 11) is 1.50. The second-order valence-electron chi connectivity index (χ2n) is 5.01. The first-order valence-corrected chi connectivity index (χ1v) is 7.40. The van der Waals surface area contributed by atoms with E-state index in [1.165, 1.54) is 7.11 Å². The van der Waals surface area contributed by atoms with Crippen LogP contribution in [0.1, 0.15) is 17.8 Å². The van der Waals surface area contributed by atoms with Gasteiger partial charge >= 0.3 is 0 Å². The molecule has 0 aliphatic heterocycles. The van der Waals surface area contributed by atoms with E-state index < -0.39 is 27.1 Å². The molecule has 0 aliphatic carbocycles. The molecule has 2 rings (SSSR count). The molecular weight excluding hydrogens is 358 g/mol. The van der Waals surface area contributed by atoms with Crippen molar-refractivity contribution in [3.8, 4) is 11.5 Å². The van der Waals surface area contributed by atoms with E-state index in [9.17, 15) is 25.0 Å². The van der Waals surface area contributed by atoms with E-state index in [1.807, 2.05) is 0 Å².